The van der Waals surface area contributed by atoms with E-state index in [9.17, 15) is 10.2 Å². The van der Waals surface area contributed by atoms with Crippen LogP contribution >= 0.6 is 0 Å². The second-order valence-corrected chi connectivity index (χ2v) is 7.36. The molecule has 0 saturated heterocycles. The van der Waals surface area contributed by atoms with Crippen LogP contribution in [-0.4, -0.2) is 22.4 Å². The Kier molecular flexibility index (Phi) is 7.25. The standard InChI is InChI=1S/C18H34O2/c1-12(2)7-6-8-13(3)9-10-16-11-17(19)14(4)15(5)18(16)20/h11-15,17-20H,6-10H2,1-5H3. The predicted molar refractivity (Wildman–Crippen MR) is 85.5 cm³/mol. The average Bonchev–Trinajstić information content (AvgIpc) is 2.38. The summed E-state index contributed by atoms with van der Waals surface area (Å²) in [6.45, 7) is 10.9. The lowest BCUT2D eigenvalue weighted by molar-refractivity contribution is 0.0406. The van der Waals surface area contributed by atoms with Crippen molar-refractivity contribution in [1.82, 2.24) is 0 Å². The van der Waals surface area contributed by atoms with Crippen molar-refractivity contribution < 1.29 is 10.2 Å². The summed E-state index contributed by atoms with van der Waals surface area (Å²) in [5, 5.41) is 20.3. The molecule has 2 heteroatoms. The molecule has 0 bridgehead atoms. The van der Waals surface area contributed by atoms with Crippen molar-refractivity contribution >= 4 is 0 Å². The van der Waals surface area contributed by atoms with Gasteiger partial charge in [0.15, 0.2) is 0 Å². The van der Waals surface area contributed by atoms with Crippen molar-refractivity contribution in [2.75, 3.05) is 0 Å². The van der Waals surface area contributed by atoms with Crippen LogP contribution in [0.5, 0.6) is 0 Å². The Bertz CT molecular complexity index is 309. The third kappa shape index (κ3) is 5.21. The number of hydrogen-bond donors (Lipinski definition) is 2. The average molecular weight is 282 g/mol. The zero-order valence-corrected chi connectivity index (χ0v) is 14.0. The van der Waals surface area contributed by atoms with Gasteiger partial charge in [0.25, 0.3) is 0 Å². The molecule has 1 aliphatic rings. The van der Waals surface area contributed by atoms with Crippen LogP contribution in [0.1, 0.15) is 66.7 Å². The van der Waals surface area contributed by atoms with Crippen LogP contribution in [0.15, 0.2) is 11.6 Å². The van der Waals surface area contributed by atoms with Gasteiger partial charge < -0.3 is 10.2 Å². The normalized spacial score (nSPS) is 32.3. The molecule has 0 aliphatic heterocycles. The third-order valence-electron chi connectivity index (χ3n) is 5.04. The highest BCUT2D eigenvalue weighted by Crippen LogP contribution is 2.33. The summed E-state index contributed by atoms with van der Waals surface area (Å²) in [5.41, 5.74) is 1.05. The van der Waals surface area contributed by atoms with E-state index in [2.05, 4.69) is 20.8 Å². The summed E-state index contributed by atoms with van der Waals surface area (Å²) in [4.78, 5) is 0. The first-order chi connectivity index (χ1) is 9.32. The van der Waals surface area contributed by atoms with Crippen molar-refractivity contribution in [3.8, 4) is 0 Å². The Hall–Kier alpha value is -0.340. The number of rotatable bonds is 7. The molecule has 5 atom stereocenters. The molecule has 0 saturated carbocycles. The van der Waals surface area contributed by atoms with E-state index in [0.717, 1.165) is 24.3 Å². The second-order valence-electron chi connectivity index (χ2n) is 7.36. The summed E-state index contributed by atoms with van der Waals surface area (Å²) in [5.74, 6) is 1.80. The molecule has 20 heavy (non-hydrogen) atoms. The maximum Gasteiger partial charge on any atom is 0.0780 e. The summed E-state index contributed by atoms with van der Waals surface area (Å²) in [6, 6.07) is 0. The van der Waals surface area contributed by atoms with Crippen molar-refractivity contribution in [3.05, 3.63) is 11.6 Å². The monoisotopic (exact) mass is 282 g/mol. The lowest BCUT2D eigenvalue weighted by Gasteiger charge is -2.35. The largest absolute Gasteiger partial charge is 0.389 e. The van der Waals surface area contributed by atoms with E-state index in [1.54, 1.807) is 0 Å². The van der Waals surface area contributed by atoms with Crippen LogP contribution in [0.3, 0.4) is 0 Å². The van der Waals surface area contributed by atoms with Gasteiger partial charge in [0, 0.05) is 0 Å². The van der Waals surface area contributed by atoms with E-state index >= 15 is 0 Å². The number of aliphatic hydroxyl groups is 2. The first kappa shape index (κ1) is 17.7. The van der Waals surface area contributed by atoms with Crippen molar-refractivity contribution in [2.24, 2.45) is 23.7 Å². The first-order valence-corrected chi connectivity index (χ1v) is 8.39. The fourth-order valence-electron chi connectivity index (χ4n) is 3.07. The van der Waals surface area contributed by atoms with Crippen LogP contribution in [0, 0.1) is 23.7 Å². The predicted octanol–water partition coefficient (Wildman–Crippen LogP) is 4.16. The third-order valence-corrected chi connectivity index (χ3v) is 5.04. The molecular weight excluding hydrogens is 248 g/mol. The highest BCUT2D eigenvalue weighted by atomic mass is 16.3. The van der Waals surface area contributed by atoms with E-state index in [0.29, 0.717) is 5.92 Å². The first-order valence-electron chi connectivity index (χ1n) is 8.39. The van der Waals surface area contributed by atoms with Gasteiger partial charge in [0.1, 0.15) is 0 Å². The van der Waals surface area contributed by atoms with Gasteiger partial charge in [-0.05, 0) is 42.1 Å². The molecule has 0 radical (unpaired) electrons. The minimum Gasteiger partial charge on any atom is -0.389 e. The minimum absolute atomic E-state index is 0.150. The fourth-order valence-corrected chi connectivity index (χ4v) is 3.07. The van der Waals surface area contributed by atoms with Crippen molar-refractivity contribution in [1.29, 1.82) is 0 Å². The molecule has 5 unspecified atom stereocenters. The SMILES string of the molecule is CC(C)CCCC(C)CCC1=CC(O)C(C)C(C)C1O. The van der Waals surface area contributed by atoms with Gasteiger partial charge in [-0.25, -0.2) is 0 Å². The van der Waals surface area contributed by atoms with E-state index in [1.165, 1.54) is 19.3 Å². The summed E-state index contributed by atoms with van der Waals surface area (Å²) >= 11 is 0. The highest BCUT2D eigenvalue weighted by molar-refractivity contribution is 5.17. The summed E-state index contributed by atoms with van der Waals surface area (Å²) < 4.78 is 0. The zero-order valence-electron chi connectivity index (χ0n) is 14.0. The van der Waals surface area contributed by atoms with Gasteiger partial charge in [-0.15, -0.1) is 0 Å². The van der Waals surface area contributed by atoms with Crippen LogP contribution in [0.2, 0.25) is 0 Å². The minimum atomic E-state index is -0.389. The van der Waals surface area contributed by atoms with Gasteiger partial charge in [-0.1, -0.05) is 60.0 Å². The molecule has 0 aromatic carbocycles. The van der Waals surface area contributed by atoms with Crippen molar-refractivity contribution in [3.63, 3.8) is 0 Å². The molecule has 0 amide bonds. The molecular formula is C18H34O2. The molecule has 1 aliphatic carbocycles. The van der Waals surface area contributed by atoms with Crippen LogP contribution in [0.25, 0.3) is 0 Å². The fraction of sp³-hybridized carbons (Fsp3) is 0.889. The molecule has 2 N–H and O–H groups in total. The lowest BCUT2D eigenvalue weighted by atomic mass is 9.76. The van der Waals surface area contributed by atoms with Gasteiger partial charge in [0.2, 0.25) is 0 Å². The van der Waals surface area contributed by atoms with Gasteiger partial charge in [0.05, 0.1) is 12.2 Å². The molecule has 2 nitrogen and oxygen atoms in total. The van der Waals surface area contributed by atoms with Crippen LogP contribution in [0.4, 0.5) is 0 Å². The van der Waals surface area contributed by atoms with Crippen LogP contribution < -0.4 is 0 Å². The van der Waals surface area contributed by atoms with E-state index in [-0.39, 0.29) is 24.0 Å². The molecule has 0 heterocycles. The van der Waals surface area contributed by atoms with Crippen molar-refractivity contribution in [2.45, 2.75) is 78.9 Å². The van der Waals surface area contributed by atoms with Gasteiger partial charge in [-0.2, -0.15) is 0 Å². The molecule has 118 valence electrons. The Morgan fingerprint density at radius 3 is 2.25 bits per heavy atom. The second kappa shape index (κ2) is 8.19. The zero-order chi connectivity index (χ0) is 15.3. The molecule has 0 aromatic heterocycles. The highest BCUT2D eigenvalue weighted by Gasteiger charge is 2.32. The number of aliphatic hydroxyl groups excluding tert-OH is 2. The van der Waals surface area contributed by atoms with E-state index in [1.807, 2.05) is 19.9 Å². The van der Waals surface area contributed by atoms with Gasteiger partial charge in [-0.3, -0.25) is 0 Å². The molecule has 0 fully saturated rings. The Balaban J connectivity index is 2.38. The summed E-state index contributed by atoms with van der Waals surface area (Å²) in [7, 11) is 0. The summed E-state index contributed by atoms with van der Waals surface area (Å²) in [6.07, 6.45) is 7.08. The molecule has 0 aromatic rings. The Labute approximate surface area is 125 Å². The molecule has 1 rings (SSSR count). The van der Waals surface area contributed by atoms with Crippen LogP contribution in [-0.2, 0) is 0 Å². The smallest absolute Gasteiger partial charge is 0.0780 e. The Morgan fingerprint density at radius 2 is 1.65 bits per heavy atom. The molecule has 0 spiro atoms. The number of hydrogen-bond acceptors (Lipinski definition) is 2. The maximum atomic E-state index is 10.3. The maximum absolute atomic E-state index is 10.3. The lowest BCUT2D eigenvalue weighted by Crippen LogP contribution is -2.37. The van der Waals surface area contributed by atoms with E-state index in [4.69, 9.17) is 0 Å². The van der Waals surface area contributed by atoms with E-state index < -0.39 is 0 Å². The topological polar surface area (TPSA) is 40.5 Å². The van der Waals surface area contributed by atoms with Gasteiger partial charge >= 0.3 is 0 Å². The Morgan fingerprint density at radius 1 is 1.00 bits per heavy atom. The quantitative estimate of drug-likeness (QED) is 0.688.